The van der Waals surface area contributed by atoms with Gasteiger partial charge in [0.25, 0.3) is 0 Å². The molecule has 110 valence electrons. The van der Waals surface area contributed by atoms with Gasteiger partial charge in [-0.25, -0.2) is 10.8 Å². The molecule has 1 aromatic carbocycles. The maximum absolute atomic E-state index is 11.0. The number of hydrazine groups is 1. The minimum atomic E-state index is -0.609. The molecule has 1 heterocycles. The Kier molecular flexibility index (Phi) is 4.29. The van der Waals surface area contributed by atoms with Crippen molar-refractivity contribution in [2.24, 2.45) is 5.84 Å². The van der Waals surface area contributed by atoms with Gasteiger partial charge in [-0.05, 0) is 23.6 Å². The van der Waals surface area contributed by atoms with Gasteiger partial charge in [-0.1, -0.05) is 26.0 Å². The summed E-state index contributed by atoms with van der Waals surface area (Å²) in [5.74, 6) is 5.86. The number of benzene rings is 1. The molecule has 1 aromatic heterocycles. The average Bonchev–Trinajstić information content (AvgIpc) is 2.47. The smallest absolute Gasteiger partial charge is 0.349 e. The van der Waals surface area contributed by atoms with Crippen LogP contribution >= 0.6 is 0 Å². The second-order valence-corrected chi connectivity index (χ2v) is 4.61. The van der Waals surface area contributed by atoms with E-state index in [0.717, 1.165) is 11.8 Å². The molecule has 8 nitrogen and oxygen atoms in total. The van der Waals surface area contributed by atoms with Crippen molar-refractivity contribution in [3.63, 3.8) is 0 Å². The van der Waals surface area contributed by atoms with Crippen molar-refractivity contribution in [3.05, 3.63) is 46.1 Å². The highest BCUT2D eigenvalue weighted by Gasteiger charge is 2.19. The summed E-state index contributed by atoms with van der Waals surface area (Å²) in [5, 5.41) is 11.0. The van der Waals surface area contributed by atoms with E-state index in [1.807, 2.05) is 32.0 Å². The number of aromatic nitrogens is 2. The summed E-state index contributed by atoms with van der Waals surface area (Å²) >= 11 is 0. The Hall–Kier alpha value is -2.74. The monoisotopic (exact) mass is 289 g/mol. The van der Waals surface area contributed by atoms with Crippen LogP contribution in [0.25, 0.3) is 0 Å². The number of nitrogen functional groups attached to an aromatic ring is 1. The highest BCUT2D eigenvalue weighted by atomic mass is 16.6. The van der Waals surface area contributed by atoms with E-state index in [4.69, 9.17) is 10.6 Å². The molecule has 0 spiro atoms. The summed E-state index contributed by atoms with van der Waals surface area (Å²) in [7, 11) is 0. The highest BCUT2D eigenvalue weighted by molar-refractivity contribution is 5.45. The number of anilines is 1. The first-order valence-electron chi connectivity index (χ1n) is 6.27. The molecule has 0 atom stereocenters. The molecule has 0 amide bonds. The van der Waals surface area contributed by atoms with Gasteiger partial charge in [0, 0.05) is 0 Å². The lowest BCUT2D eigenvalue weighted by Crippen LogP contribution is -2.11. The van der Waals surface area contributed by atoms with Crippen LogP contribution in [-0.2, 0) is 0 Å². The van der Waals surface area contributed by atoms with E-state index in [-0.39, 0.29) is 17.5 Å². The second-order valence-electron chi connectivity index (χ2n) is 4.61. The van der Waals surface area contributed by atoms with Crippen molar-refractivity contribution in [2.45, 2.75) is 19.8 Å². The van der Waals surface area contributed by atoms with Crippen molar-refractivity contribution in [1.29, 1.82) is 0 Å². The van der Waals surface area contributed by atoms with Crippen LogP contribution < -0.4 is 16.0 Å². The fraction of sp³-hybridized carbons (Fsp3) is 0.231. The number of rotatable bonds is 5. The van der Waals surface area contributed by atoms with E-state index >= 15 is 0 Å². The maximum atomic E-state index is 11.0. The Morgan fingerprint density at radius 3 is 2.81 bits per heavy atom. The Labute approximate surface area is 121 Å². The van der Waals surface area contributed by atoms with Crippen LogP contribution in [0.5, 0.6) is 11.6 Å². The second kappa shape index (κ2) is 6.14. The fourth-order valence-electron chi connectivity index (χ4n) is 1.68. The highest BCUT2D eigenvalue weighted by Crippen LogP contribution is 2.30. The number of nitrogens with two attached hydrogens (primary N) is 1. The van der Waals surface area contributed by atoms with Crippen molar-refractivity contribution < 1.29 is 9.66 Å². The van der Waals surface area contributed by atoms with Gasteiger partial charge in [0.15, 0.2) is 0 Å². The van der Waals surface area contributed by atoms with Crippen LogP contribution in [0.2, 0.25) is 0 Å². The number of nitrogens with zero attached hydrogens (tertiary/aromatic N) is 3. The van der Waals surface area contributed by atoms with Gasteiger partial charge in [-0.2, -0.15) is 4.98 Å². The third-order valence-corrected chi connectivity index (χ3v) is 2.80. The molecule has 0 saturated heterocycles. The van der Waals surface area contributed by atoms with Gasteiger partial charge in [0.2, 0.25) is 5.95 Å². The summed E-state index contributed by atoms with van der Waals surface area (Å²) < 4.78 is 5.52. The molecule has 0 radical (unpaired) electrons. The lowest BCUT2D eigenvalue weighted by atomic mass is 10.0. The van der Waals surface area contributed by atoms with Crippen LogP contribution in [0.15, 0.2) is 30.5 Å². The molecule has 0 unspecified atom stereocenters. The Bertz CT molecular complexity index is 660. The molecule has 21 heavy (non-hydrogen) atoms. The van der Waals surface area contributed by atoms with Gasteiger partial charge in [-0.15, -0.1) is 0 Å². The van der Waals surface area contributed by atoms with Gasteiger partial charge < -0.3 is 4.74 Å². The lowest BCUT2D eigenvalue weighted by molar-refractivity contribution is -0.386. The molecular formula is C13H15N5O3. The zero-order valence-corrected chi connectivity index (χ0v) is 11.6. The third-order valence-electron chi connectivity index (χ3n) is 2.80. The number of hydrogen-bond acceptors (Lipinski definition) is 7. The molecule has 2 aromatic rings. The number of hydrogen-bond donors (Lipinski definition) is 2. The molecule has 0 aliphatic rings. The van der Waals surface area contributed by atoms with Gasteiger partial charge in [-0.3, -0.25) is 15.5 Å². The van der Waals surface area contributed by atoms with E-state index in [9.17, 15) is 10.1 Å². The van der Waals surface area contributed by atoms with Crippen LogP contribution in [-0.4, -0.2) is 14.9 Å². The van der Waals surface area contributed by atoms with Gasteiger partial charge in [0.05, 0.1) is 4.92 Å². The number of ether oxygens (including phenoxy) is 1. The standard InChI is InChI=1S/C13H15N5O3/c1-8(2)9-4-3-5-10(6-9)21-12-11(18(19)20)7-15-13(16-12)17-14/h3-8H,14H2,1-2H3,(H,15,16,17). The van der Waals surface area contributed by atoms with Gasteiger partial charge >= 0.3 is 11.6 Å². The molecular weight excluding hydrogens is 274 g/mol. The van der Waals surface area contributed by atoms with Crippen LogP contribution in [0.1, 0.15) is 25.3 Å². The van der Waals surface area contributed by atoms with E-state index in [0.29, 0.717) is 11.7 Å². The van der Waals surface area contributed by atoms with Crippen molar-refractivity contribution in [3.8, 4) is 11.6 Å². The topological polar surface area (TPSA) is 116 Å². The Morgan fingerprint density at radius 1 is 1.43 bits per heavy atom. The summed E-state index contributed by atoms with van der Waals surface area (Å²) in [6.07, 6.45) is 1.05. The van der Waals surface area contributed by atoms with Crippen molar-refractivity contribution >= 4 is 11.6 Å². The molecule has 0 saturated carbocycles. The van der Waals surface area contributed by atoms with E-state index < -0.39 is 4.92 Å². The molecule has 0 aliphatic heterocycles. The fourth-order valence-corrected chi connectivity index (χ4v) is 1.68. The first-order valence-corrected chi connectivity index (χ1v) is 6.27. The summed E-state index contributed by atoms with van der Waals surface area (Å²) in [6.45, 7) is 4.09. The zero-order valence-electron chi connectivity index (χ0n) is 11.6. The summed E-state index contributed by atoms with van der Waals surface area (Å²) in [5.41, 5.74) is 2.95. The first-order chi connectivity index (χ1) is 10.0. The molecule has 0 aliphatic carbocycles. The number of nitrogens with one attached hydrogen (secondary N) is 1. The SMILES string of the molecule is CC(C)c1cccc(Oc2nc(NN)ncc2[N+](=O)[O-])c1. The normalized spacial score (nSPS) is 10.5. The van der Waals surface area contributed by atoms with Gasteiger partial charge in [0.1, 0.15) is 11.9 Å². The van der Waals surface area contributed by atoms with E-state index in [1.54, 1.807) is 6.07 Å². The predicted octanol–water partition coefficient (Wildman–Crippen LogP) is 2.59. The largest absolute Gasteiger partial charge is 0.434 e. The molecule has 2 rings (SSSR count). The van der Waals surface area contributed by atoms with Crippen molar-refractivity contribution in [1.82, 2.24) is 9.97 Å². The van der Waals surface area contributed by atoms with Crippen molar-refractivity contribution in [2.75, 3.05) is 5.43 Å². The third kappa shape index (κ3) is 3.42. The molecule has 0 fully saturated rings. The van der Waals surface area contributed by atoms with Crippen LogP contribution in [0.4, 0.5) is 11.6 Å². The Morgan fingerprint density at radius 2 is 2.19 bits per heavy atom. The zero-order chi connectivity index (χ0) is 15.4. The Balaban J connectivity index is 2.38. The predicted molar refractivity (Wildman–Crippen MR) is 77.1 cm³/mol. The quantitative estimate of drug-likeness (QED) is 0.493. The first kappa shape index (κ1) is 14.7. The van der Waals surface area contributed by atoms with Crippen LogP contribution in [0, 0.1) is 10.1 Å². The lowest BCUT2D eigenvalue weighted by Gasteiger charge is -2.09. The summed E-state index contributed by atoms with van der Waals surface area (Å²) in [6, 6.07) is 7.29. The minimum Gasteiger partial charge on any atom is -0.434 e. The summed E-state index contributed by atoms with van der Waals surface area (Å²) in [4.78, 5) is 17.9. The maximum Gasteiger partial charge on any atom is 0.349 e. The molecule has 0 bridgehead atoms. The number of nitro groups is 1. The van der Waals surface area contributed by atoms with Crippen LogP contribution in [0.3, 0.4) is 0 Å². The molecule has 3 N–H and O–H groups in total. The average molecular weight is 289 g/mol. The molecule has 8 heteroatoms. The van der Waals surface area contributed by atoms with E-state index in [1.165, 1.54) is 0 Å². The minimum absolute atomic E-state index is 0.0376. The van der Waals surface area contributed by atoms with E-state index in [2.05, 4.69) is 15.4 Å².